The second-order valence-corrected chi connectivity index (χ2v) is 3.68. The summed E-state index contributed by atoms with van der Waals surface area (Å²) in [6.07, 6.45) is -3.63. The molecule has 0 spiro atoms. The van der Waals surface area contributed by atoms with Crippen molar-refractivity contribution in [3.63, 3.8) is 0 Å². The van der Waals surface area contributed by atoms with Gasteiger partial charge < -0.3 is 20.1 Å². The van der Waals surface area contributed by atoms with Gasteiger partial charge in [0.15, 0.2) is 0 Å². The van der Waals surface area contributed by atoms with Crippen LogP contribution in [-0.2, 0) is 14.3 Å². The van der Waals surface area contributed by atoms with Gasteiger partial charge in [0.1, 0.15) is 24.4 Å². The number of nitrogens with one attached hydrogen (secondary N) is 1. The van der Waals surface area contributed by atoms with E-state index in [1.54, 1.807) is 0 Å². The van der Waals surface area contributed by atoms with Gasteiger partial charge in [0.05, 0.1) is 12.2 Å². The van der Waals surface area contributed by atoms with Crippen LogP contribution in [0, 0.1) is 0 Å². The van der Waals surface area contributed by atoms with Gasteiger partial charge in [0.25, 0.3) is 11.8 Å². The zero-order chi connectivity index (χ0) is 11.9. The summed E-state index contributed by atoms with van der Waals surface area (Å²) >= 11 is 0. The van der Waals surface area contributed by atoms with Gasteiger partial charge in [0.2, 0.25) is 0 Å². The van der Waals surface area contributed by atoms with Crippen molar-refractivity contribution in [3.05, 3.63) is 11.6 Å². The second kappa shape index (κ2) is 3.95. The second-order valence-electron chi connectivity index (χ2n) is 3.68. The minimum Gasteiger partial charge on any atom is -0.394 e. The lowest BCUT2D eigenvalue weighted by molar-refractivity contribution is -0.124. The van der Waals surface area contributed by atoms with Crippen molar-refractivity contribution in [3.8, 4) is 0 Å². The standard InChI is InChI=1S/C9H11NO6/c11-2-4-6(13)7(14)8(16-4)3-1-5(12)10-9(3)15/h1,4,6-8,11,13-14H,2H2,(H,10,12,15)/t4-,6+,7-,8+/m1/s1. The number of hydrogen-bond acceptors (Lipinski definition) is 6. The third-order valence-corrected chi connectivity index (χ3v) is 2.63. The Kier molecular flexibility index (Phi) is 2.76. The average Bonchev–Trinajstić information content (AvgIpc) is 2.70. The highest BCUT2D eigenvalue weighted by molar-refractivity contribution is 6.16. The lowest BCUT2D eigenvalue weighted by Gasteiger charge is -2.13. The van der Waals surface area contributed by atoms with Gasteiger partial charge >= 0.3 is 0 Å². The molecule has 16 heavy (non-hydrogen) atoms. The van der Waals surface area contributed by atoms with Gasteiger partial charge in [-0.3, -0.25) is 14.9 Å². The van der Waals surface area contributed by atoms with E-state index < -0.39 is 42.8 Å². The molecule has 4 N–H and O–H groups in total. The topological polar surface area (TPSA) is 116 Å². The van der Waals surface area contributed by atoms with Gasteiger partial charge in [-0.15, -0.1) is 0 Å². The molecule has 1 fully saturated rings. The van der Waals surface area contributed by atoms with Crippen molar-refractivity contribution in [2.75, 3.05) is 6.61 Å². The fraction of sp³-hybridized carbons (Fsp3) is 0.556. The highest BCUT2D eigenvalue weighted by atomic mass is 16.6. The van der Waals surface area contributed by atoms with E-state index in [0.717, 1.165) is 6.08 Å². The molecule has 1 saturated heterocycles. The Balaban J connectivity index is 2.20. The first kappa shape index (κ1) is 11.2. The number of rotatable bonds is 2. The third-order valence-electron chi connectivity index (χ3n) is 2.63. The van der Waals surface area contributed by atoms with E-state index in [1.165, 1.54) is 0 Å². The summed E-state index contributed by atoms with van der Waals surface area (Å²) in [6.45, 7) is -0.475. The quantitative estimate of drug-likeness (QED) is 0.376. The number of aliphatic hydroxyl groups is 3. The molecule has 7 nitrogen and oxygen atoms in total. The van der Waals surface area contributed by atoms with Crippen LogP contribution in [0.15, 0.2) is 11.6 Å². The minimum atomic E-state index is -1.33. The fourth-order valence-electron chi connectivity index (χ4n) is 1.79. The number of carbonyl (C=O) groups excluding carboxylic acids is 2. The molecule has 0 aromatic heterocycles. The van der Waals surface area contributed by atoms with Gasteiger partial charge in [-0.05, 0) is 0 Å². The first-order valence-corrected chi connectivity index (χ1v) is 4.74. The molecule has 0 unspecified atom stereocenters. The Labute approximate surface area is 90.3 Å². The van der Waals surface area contributed by atoms with Gasteiger partial charge in [-0.1, -0.05) is 0 Å². The smallest absolute Gasteiger partial charge is 0.256 e. The molecular formula is C9H11NO6. The molecule has 88 valence electrons. The predicted molar refractivity (Wildman–Crippen MR) is 49.0 cm³/mol. The molecule has 7 heteroatoms. The molecule has 2 amide bonds. The molecule has 2 heterocycles. The SMILES string of the molecule is O=C1C=C([C@@H]2O[C@H](CO)[C@H](O)[C@H]2O)C(=O)N1. The molecule has 2 aliphatic heterocycles. The molecular weight excluding hydrogens is 218 g/mol. The molecule has 4 atom stereocenters. The maximum Gasteiger partial charge on any atom is 0.256 e. The number of aliphatic hydroxyl groups excluding tert-OH is 3. The van der Waals surface area contributed by atoms with Crippen LogP contribution in [0.3, 0.4) is 0 Å². The number of hydrogen-bond donors (Lipinski definition) is 4. The summed E-state index contributed by atoms with van der Waals surface area (Å²) in [4.78, 5) is 22.2. The van der Waals surface area contributed by atoms with Crippen LogP contribution in [-0.4, -0.2) is 58.2 Å². The molecule has 2 rings (SSSR count). The zero-order valence-electron chi connectivity index (χ0n) is 8.16. The fourth-order valence-corrected chi connectivity index (χ4v) is 1.79. The van der Waals surface area contributed by atoms with Crippen molar-refractivity contribution in [1.82, 2.24) is 5.32 Å². The van der Waals surface area contributed by atoms with Gasteiger partial charge in [-0.2, -0.15) is 0 Å². The van der Waals surface area contributed by atoms with Gasteiger partial charge in [0, 0.05) is 6.08 Å². The monoisotopic (exact) mass is 229 g/mol. The van der Waals surface area contributed by atoms with E-state index in [9.17, 15) is 19.8 Å². The van der Waals surface area contributed by atoms with E-state index >= 15 is 0 Å². The molecule has 0 radical (unpaired) electrons. The van der Waals surface area contributed by atoms with E-state index in [1.807, 2.05) is 5.32 Å². The number of carbonyl (C=O) groups is 2. The average molecular weight is 229 g/mol. The van der Waals surface area contributed by atoms with E-state index in [-0.39, 0.29) is 5.57 Å². The zero-order valence-corrected chi connectivity index (χ0v) is 8.16. The summed E-state index contributed by atoms with van der Waals surface area (Å²) in [7, 11) is 0. The Morgan fingerprint density at radius 2 is 2.00 bits per heavy atom. The molecule has 0 aromatic carbocycles. The van der Waals surface area contributed by atoms with Crippen LogP contribution in [0.5, 0.6) is 0 Å². The first-order chi connectivity index (χ1) is 7.54. The maximum absolute atomic E-state index is 11.3. The molecule has 0 saturated carbocycles. The Hall–Kier alpha value is -1.28. The summed E-state index contributed by atoms with van der Waals surface area (Å²) in [5, 5.41) is 29.9. The highest BCUT2D eigenvalue weighted by Crippen LogP contribution is 2.27. The van der Waals surface area contributed by atoms with Crippen molar-refractivity contribution in [1.29, 1.82) is 0 Å². The summed E-state index contributed by atoms with van der Waals surface area (Å²) in [6, 6.07) is 0. The summed E-state index contributed by atoms with van der Waals surface area (Å²) < 4.78 is 5.11. The van der Waals surface area contributed by atoms with E-state index in [0.29, 0.717) is 0 Å². The Morgan fingerprint density at radius 1 is 1.31 bits per heavy atom. The van der Waals surface area contributed by atoms with E-state index in [4.69, 9.17) is 9.84 Å². The van der Waals surface area contributed by atoms with Gasteiger partial charge in [-0.25, -0.2) is 0 Å². The lowest BCUT2D eigenvalue weighted by atomic mass is 10.0. The van der Waals surface area contributed by atoms with Crippen molar-refractivity contribution in [2.24, 2.45) is 0 Å². The van der Waals surface area contributed by atoms with Crippen LogP contribution in [0.25, 0.3) is 0 Å². The van der Waals surface area contributed by atoms with Crippen LogP contribution < -0.4 is 5.32 Å². The Morgan fingerprint density at radius 3 is 2.44 bits per heavy atom. The van der Waals surface area contributed by atoms with E-state index in [2.05, 4.69) is 0 Å². The number of imide groups is 1. The summed E-state index contributed by atoms with van der Waals surface area (Å²) in [5.41, 5.74) is -0.0347. The van der Waals surface area contributed by atoms with Crippen molar-refractivity contribution < 1.29 is 29.6 Å². The van der Waals surface area contributed by atoms with Crippen LogP contribution in [0.2, 0.25) is 0 Å². The third kappa shape index (κ3) is 1.63. The predicted octanol–water partition coefficient (Wildman–Crippen LogP) is -2.95. The number of ether oxygens (including phenoxy) is 1. The van der Waals surface area contributed by atoms with Crippen LogP contribution in [0.1, 0.15) is 0 Å². The maximum atomic E-state index is 11.3. The van der Waals surface area contributed by atoms with Crippen LogP contribution in [0.4, 0.5) is 0 Å². The molecule has 2 aliphatic rings. The minimum absolute atomic E-state index is 0.0347. The number of amides is 2. The first-order valence-electron chi connectivity index (χ1n) is 4.74. The largest absolute Gasteiger partial charge is 0.394 e. The summed E-state index contributed by atoms with van der Waals surface area (Å²) in [5.74, 6) is -1.24. The van der Waals surface area contributed by atoms with Crippen molar-refractivity contribution in [2.45, 2.75) is 24.4 Å². The van der Waals surface area contributed by atoms with Crippen LogP contribution >= 0.6 is 0 Å². The Bertz CT molecular complexity index is 365. The lowest BCUT2D eigenvalue weighted by Crippen LogP contribution is -2.36. The molecule has 0 bridgehead atoms. The molecule has 0 aliphatic carbocycles. The molecule has 0 aromatic rings. The highest BCUT2D eigenvalue weighted by Gasteiger charge is 2.46. The van der Waals surface area contributed by atoms with Crippen molar-refractivity contribution >= 4 is 11.8 Å². The normalized spacial score (nSPS) is 38.8.